The Hall–Kier alpha value is -0.910. The number of nitrogens with one attached hydrogen (secondary N) is 1. The maximum atomic E-state index is 11.4. The van der Waals surface area contributed by atoms with Gasteiger partial charge in [0.05, 0.1) is 18.3 Å². The summed E-state index contributed by atoms with van der Waals surface area (Å²) in [4.78, 5) is 11.4. The number of carbonyl (C=O) groups excluding carboxylic acids is 1. The summed E-state index contributed by atoms with van der Waals surface area (Å²) < 4.78 is 11.3. The molecule has 1 aliphatic heterocycles. The second-order valence-corrected chi connectivity index (χ2v) is 6.16. The lowest BCUT2D eigenvalue weighted by Crippen LogP contribution is -2.36. The molecule has 1 N–H and O–H groups in total. The molecule has 2 rings (SSSR count). The summed E-state index contributed by atoms with van der Waals surface area (Å²) in [7, 11) is 1.38. The van der Waals surface area contributed by atoms with E-state index in [1.165, 1.54) is 7.11 Å². The van der Waals surface area contributed by atoms with Crippen molar-refractivity contribution in [2.45, 2.75) is 31.9 Å². The quantitative estimate of drug-likeness (QED) is 0.836. The third-order valence-electron chi connectivity index (χ3n) is 3.59. The molecule has 0 spiro atoms. The number of esters is 1. The van der Waals surface area contributed by atoms with Gasteiger partial charge in [-0.2, -0.15) is 0 Å². The molecule has 0 bridgehead atoms. The molecule has 0 aliphatic carbocycles. The monoisotopic (exact) mass is 341 g/mol. The van der Waals surface area contributed by atoms with Crippen molar-refractivity contribution in [3.8, 4) is 0 Å². The number of carbonyl (C=O) groups is 1. The predicted octanol–water partition coefficient (Wildman–Crippen LogP) is 2.89. The molecular formula is C15H20BrNO3. The normalized spacial score (nSPS) is 21.9. The van der Waals surface area contributed by atoms with Gasteiger partial charge in [-0.25, -0.2) is 4.79 Å². The minimum Gasteiger partial charge on any atom is -0.465 e. The van der Waals surface area contributed by atoms with Crippen molar-refractivity contribution in [3.05, 3.63) is 33.8 Å². The molecule has 0 saturated carbocycles. The van der Waals surface area contributed by atoms with E-state index in [-0.39, 0.29) is 11.6 Å². The maximum Gasteiger partial charge on any atom is 0.337 e. The first-order valence-corrected chi connectivity index (χ1v) is 7.55. The van der Waals surface area contributed by atoms with Crippen molar-refractivity contribution in [3.63, 3.8) is 0 Å². The molecule has 1 heterocycles. The van der Waals surface area contributed by atoms with Gasteiger partial charge >= 0.3 is 5.97 Å². The third kappa shape index (κ3) is 3.81. The predicted molar refractivity (Wildman–Crippen MR) is 80.8 cm³/mol. The Morgan fingerprint density at radius 3 is 2.95 bits per heavy atom. The minimum atomic E-state index is -0.322. The number of ether oxygens (including phenoxy) is 2. The molecule has 5 heteroatoms. The Balaban J connectivity index is 1.91. The van der Waals surface area contributed by atoms with Gasteiger partial charge in [0.25, 0.3) is 0 Å². The summed E-state index contributed by atoms with van der Waals surface area (Å²) in [6.07, 6.45) is 2.23. The lowest BCUT2D eigenvalue weighted by Gasteiger charge is -2.23. The van der Waals surface area contributed by atoms with Crippen molar-refractivity contribution < 1.29 is 14.3 Å². The number of rotatable bonds is 5. The number of hydrogen-bond donors (Lipinski definition) is 1. The first kappa shape index (κ1) is 15.5. The van der Waals surface area contributed by atoms with Gasteiger partial charge in [-0.05, 0) is 37.5 Å². The van der Waals surface area contributed by atoms with E-state index in [0.29, 0.717) is 5.56 Å². The van der Waals surface area contributed by atoms with E-state index < -0.39 is 0 Å². The van der Waals surface area contributed by atoms with Crippen LogP contribution in [0.25, 0.3) is 0 Å². The minimum absolute atomic E-state index is 0.0432. The van der Waals surface area contributed by atoms with Gasteiger partial charge in [0.1, 0.15) is 0 Å². The Morgan fingerprint density at radius 1 is 1.55 bits per heavy atom. The summed E-state index contributed by atoms with van der Waals surface area (Å²) in [6, 6.07) is 5.50. The summed E-state index contributed by atoms with van der Waals surface area (Å²) >= 11 is 3.49. The fraction of sp³-hybridized carbons (Fsp3) is 0.533. The van der Waals surface area contributed by atoms with E-state index in [0.717, 1.165) is 42.6 Å². The lowest BCUT2D eigenvalue weighted by atomic mass is 10.0. The van der Waals surface area contributed by atoms with Gasteiger partial charge in [0.2, 0.25) is 0 Å². The van der Waals surface area contributed by atoms with E-state index in [9.17, 15) is 4.79 Å². The van der Waals surface area contributed by atoms with E-state index in [1.807, 2.05) is 6.07 Å². The largest absolute Gasteiger partial charge is 0.465 e. The summed E-state index contributed by atoms with van der Waals surface area (Å²) in [5.74, 6) is -0.322. The molecule has 1 unspecified atom stereocenters. The van der Waals surface area contributed by atoms with Crippen LogP contribution in [-0.2, 0) is 16.0 Å². The van der Waals surface area contributed by atoms with Crippen LogP contribution in [0.4, 0.5) is 0 Å². The van der Waals surface area contributed by atoms with Crippen molar-refractivity contribution in [2.24, 2.45) is 0 Å². The second kappa shape index (κ2) is 6.70. The van der Waals surface area contributed by atoms with Crippen LogP contribution in [0.15, 0.2) is 22.7 Å². The number of hydrogen-bond acceptors (Lipinski definition) is 4. The molecule has 1 aromatic rings. The average molecular weight is 342 g/mol. The topological polar surface area (TPSA) is 47.6 Å². The van der Waals surface area contributed by atoms with Crippen molar-refractivity contribution in [1.29, 1.82) is 0 Å². The molecule has 1 aliphatic rings. The lowest BCUT2D eigenvalue weighted by molar-refractivity contribution is 0.0206. The van der Waals surface area contributed by atoms with Crippen LogP contribution in [0.5, 0.6) is 0 Å². The summed E-state index contributed by atoms with van der Waals surface area (Å²) in [5, 5.41) is 3.42. The zero-order chi connectivity index (χ0) is 14.6. The highest BCUT2D eigenvalue weighted by molar-refractivity contribution is 9.10. The molecule has 1 fully saturated rings. The van der Waals surface area contributed by atoms with E-state index in [1.54, 1.807) is 12.1 Å². The molecule has 0 radical (unpaired) electrons. The standard InChI is InChI=1S/C15H20BrNO3/c1-15(6-3-7-20-15)10-17-9-12-5-4-11(8-13(12)16)14(18)19-2/h4-5,8,17H,3,6-7,9-10H2,1-2H3. The highest BCUT2D eigenvalue weighted by atomic mass is 79.9. The van der Waals surface area contributed by atoms with Crippen LogP contribution in [-0.4, -0.2) is 31.8 Å². The average Bonchev–Trinajstić information content (AvgIpc) is 2.86. The van der Waals surface area contributed by atoms with E-state index in [4.69, 9.17) is 9.47 Å². The number of benzene rings is 1. The van der Waals surface area contributed by atoms with Gasteiger partial charge in [-0.15, -0.1) is 0 Å². The highest BCUT2D eigenvalue weighted by Crippen LogP contribution is 2.24. The Labute approximate surface area is 128 Å². The van der Waals surface area contributed by atoms with Gasteiger partial charge in [-0.3, -0.25) is 0 Å². The molecule has 110 valence electrons. The molecule has 1 saturated heterocycles. The second-order valence-electron chi connectivity index (χ2n) is 5.30. The molecule has 1 atom stereocenters. The van der Waals surface area contributed by atoms with Crippen molar-refractivity contribution in [1.82, 2.24) is 5.32 Å². The zero-order valence-electron chi connectivity index (χ0n) is 11.9. The number of halogens is 1. The highest BCUT2D eigenvalue weighted by Gasteiger charge is 2.29. The Bertz CT molecular complexity index is 484. The third-order valence-corrected chi connectivity index (χ3v) is 4.33. The van der Waals surface area contributed by atoms with Crippen molar-refractivity contribution >= 4 is 21.9 Å². The molecule has 4 nitrogen and oxygen atoms in total. The SMILES string of the molecule is COC(=O)c1ccc(CNCC2(C)CCCO2)c(Br)c1. The van der Waals surface area contributed by atoms with Gasteiger partial charge in [-0.1, -0.05) is 22.0 Å². The van der Waals surface area contributed by atoms with Crippen LogP contribution in [0.1, 0.15) is 35.7 Å². The van der Waals surface area contributed by atoms with Gasteiger partial charge in [0, 0.05) is 24.2 Å². The van der Waals surface area contributed by atoms with Crippen LogP contribution in [0, 0.1) is 0 Å². The smallest absolute Gasteiger partial charge is 0.337 e. The molecule has 1 aromatic carbocycles. The fourth-order valence-corrected chi connectivity index (χ4v) is 2.89. The van der Waals surface area contributed by atoms with Crippen LogP contribution in [0.3, 0.4) is 0 Å². The first-order chi connectivity index (χ1) is 9.54. The maximum absolute atomic E-state index is 11.4. The van der Waals surface area contributed by atoms with Crippen LogP contribution < -0.4 is 5.32 Å². The van der Waals surface area contributed by atoms with Crippen LogP contribution >= 0.6 is 15.9 Å². The van der Waals surface area contributed by atoms with E-state index in [2.05, 4.69) is 28.2 Å². The first-order valence-electron chi connectivity index (χ1n) is 6.75. The molecule has 20 heavy (non-hydrogen) atoms. The number of methoxy groups -OCH3 is 1. The van der Waals surface area contributed by atoms with E-state index >= 15 is 0 Å². The van der Waals surface area contributed by atoms with Gasteiger partial charge < -0.3 is 14.8 Å². The summed E-state index contributed by atoms with van der Waals surface area (Å²) in [5.41, 5.74) is 1.62. The van der Waals surface area contributed by atoms with Gasteiger partial charge in [0.15, 0.2) is 0 Å². The zero-order valence-corrected chi connectivity index (χ0v) is 13.5. The van der Waals surface area contributed by atoms with Crippen molar-refractivity contribution in [2.75, 3.05) is 20.3 Å². The fourth-order valence-electron chi connectivity index (χ4n) is 2.37. The molecule has 0 amide bonds. The molecule has 0 aromatic heterocycles. The Morgan fingerprint density at radius 2 is 2.35 bits per heavy atom. The summed E-state index contributed by atoms with van der Waals surface area (Å²) in [6.45, 7) is 4.57. The Kier molecular flexibility index (Phi) is 5.18. The van der Waals surface area contributed by atoms with Crippen LogP contribution in [0.2, 0.25) is 0 Å². The molecular weight excluding hydrogens is 322 g/mol.